The number of nitrogens with two attached hydrogens (primary N) is 1. The number of rotatable bonds is 11. The first kappa shape index (κ1) is 26.4. The number of amides is 2. The van der Waals surface area contributed by atoms with Gasteiger partial charge >= 0.3 is 5.97 Å². The van der Waals surface area contributed by atoms with Crippen LogP contribution in [0.2, 0.25) is 0 Å². The van der Waals surface area contributed by atoms with Crippen molar-refractivity contribution < 1.29 is 37.5 Å². The molecule has 0 spiro atoms. The van der Waals surface area contributed by atoms with Gasteiger partial charge in [-0.25, -0.2) is 8.42 Å². The van der Waals surface area contributed by atoms with Crippen LogP contribution in [-0.4, -0.2) is 51.9 Å². The zero-order chi connectivity index (χ0) is 26.6. The van der Waals surface area contributed by atoms with Gasteiger partial charge in [0.1, 0.15) is 0 Å². The van der Waals surface area contributed by atoms with Crippen LogP contribution in [-0.2, 0) is 31.0 Å². The second-order valence-electron chi connectivity index (χ2n) is 8.03. The van der Waals surface area contributed by atoms with Crippen LogP contribution >= 0.6 is 0 Å². The van der Waals surface area contributed by atoms with Gasteiger partial charge in [-0.3, -0.25) is 19.2 Å². The quantitative estimate of drug-likeness (QED) is 0.222. The van der Waals surface area contributed by atoms with Gasteiger partial charge in [-0.2, -0.15) is 0 Å². The minimum Gasteiger partial charge on any atom is -0.481 e. The number of aliphatic carboxylic acids is 1. The van der Waals surface area contributed by atoms with Crippen LogP contribution in [0.5, 0.6) is 5.75 Å². The number of nitrogens with zero attached hydrogens (tertiary/aromatic N) is 2. The summed E-state index contributed by atoms with van der Waals surface area (Å²) in [6.07, 6.45) is -0.660. The van der Waals surface area contributed by atoms with Crippen molar-refractivity contribution in [2.45, 2.75) is 33.2 Å². The van der Waals surface area contributed by atoms with Gasteiger partial charge in [0.05, 0.1) is 22.2 Å². The Morgan fingerprint density at radius 3 is 2.31 bits per heavy atom. The van der Waals surface area contributed by atoms with Crippen molar-refractivity contribution in [3.63, 3.8) is 0 Å². The molecule has 0 atom stereocenters. The van der Waals surface area contributed by atoms with E-state index in [4.69, 9.17) is 15.7 Å². The Morgan fingerprint density at radius 1 is 1.06 bits per heavy atom. The second kappa shape index (κ2) is 10.6. The van der Waals surface area contributed by atoms with Crippen molar-refractivity contribution in [1.82, 2.24) is 9.04 Å². The summed E-state index contributed by atoms with van der Waals surface area (Å²) in [5, 5.41) is 8.91. The normalized spacial score (nSPS) is 11.3. The number of benzene rings is 2. The summed E-state index contributed by atoms with van der Waals surface area (Å²) >= 11 is 0. The van der Waals surface area contributed by atoms with E-state index in [1.165, 1.54) is 6.07 Å². The van der Waals surface area contributed by atoms with E-state index in [1.807, 2.05) is 30.3 Å². The number of carbonyl (C=O) groups excluding carboxylic acids is 3. The lowest BCUT2D eigenvalue weighted by Gasteiger charge is -2.21. The van der Waals surface area contributed by atoms with Crippen molar-refractivity contribution in [3.05, 3.63) is 65.4 Å². The van der Waals surface area contributed by atoms with E-state index in [2.05, 4.69) is 0 Å². The Balaban J connectivity index is 2.15. The van der Waals surface area contributed by atoms with Gasteiger partial charge in [0.25, 0.3) is 27.6 Å². The smallest absolute Gasteiger partial charge is 0.303 e. The molecule has 2 amide bonds. The second-order valence-corrected chi connectivity index (χ2v) is 9.93. The maximum absolute atomic E-state index is 12.8. The van der Waals surface area contributed by atoms with Crippen LogP contribution in [0.15, 0.2) is 48.5 Å². The summed E-state index contributed by atoms with van der Waals surface area (Å²) in [7, 11) is -4.37. The van der Waals surface area contributed by atoms with E-state index >= 15 is 0 Å². The third-order valence-corrected chi connectivity index (χ3v) is 7.07. The minimum absolute atomic E-state index is 0.0733. The van der Waals surface area contributed by atoms with Crippen LogP contribution in [0.3, 0.4) is 0 Å². The van der Waals surface area contributed by atoms with Gasteiger partial charge in [-0.15, -0.1) is 0 Å². The van der Waals surface area contributed by atoms with E-state index < -0.39 is 45.8 Å². The van der Waals surface area contributed by atoms with Gasteiger partial charge in [-0.1, -0.05) is 40.9 Å². The van der Waals surface area contributed by atoms with Crippen LogP contribution in [0, 0.1) is 6.92 Å². The molecule has 190 valence electrons. The van der Waals surface area contributed by atoms with Crippen molar-refractivity contribution in [2.75, 3.05) is 5.75 Å². The summed E-state index contributed by atoms with van der Waals surface area (Å²) in [4.78, 5) is 53.2. The average Bonchev–Trinajstić information content (AvgIpc) is 3.08. The fourth-order valence-electron chi connectivity index (χ4n) is 3.83. The number of hydroxylamine groups is 1. The first-order valence-corrected chi connectivity index (χ1v) is 12.5. The highest BCUT2D eigenvalue weighted by Gasteiger charge is 2.31. The highest BCUT2D eigenvalue weighted by Crippen LogP contribution is 2.35. The molecule has 3 N–H and O–H groups in total. The van der Waals surface area contributed by atoms with Crippen molar-refractivity contribution >= 4 is 44.5 Å². The molecule has 0 saturated carbocycles. The van der Waals surface area contributed by atoms with E-state index in [0.717, 1.165) is 12.5 Å². The third-order valence-electron chi connectivity index (χ3n) is 5.43. The molecular formula is C24H25N3O8S. The minimum atomic E-state index is -4.37. The number of aromatic nitrogens is 1. The predicted molar refractivity (Wildman–Crippen MR) is 130 cm³/mol. The molecule has 36 heavy (non-hydrogen) atoms. The van der Waals surface area contributed by atoms with Crippen LogP contribution < -0.4 is 10.6 Å². The van der Waals surface area contributed by atoms with Gasteiger partial charge < -0.3 is 20.2 Å². The third kappa shape index (κ3) is 5.54. The molecular weight excluding hydrogens is 490 g/mol. The van der Waals surface area contributed by atoms with Gasteiger partial charge in [0, 0.05) is 25.6 Å². The first-order valence-electron chi connectivity index (χ1n) is 10.9. The Labute approximate surface area is 207 Å². The SMILES string of the molecule is CC(=O)N(Oc1cccc2c1c(C(=O)C(N)=O)c(C)n2Cc1ccccc1)S(=O)(=O)CCCC(=O)O. The molecule has 0 saturated heterocycles. The predicted octanol–water partition coefficient (Wildman–Crippen LogP) is 2.00. The molecule has 12 heteroatoms. The first-order chi connectivity index (χ1) is 16.9. The van der Waals surface area contributed by atoms with E-state index in [-0.39, 0.29) is 27.6 Å². The zero-order valence-corrected chi connectivity index (χ0v) is 20.4. The molecule has 0 radical (unpaired) electrons. The van der Waals surface area contributed by atoms with Crippen molar-refractivity contribution in [1.29, 1.82) is 0 Å². The molecule has 3 aromatic rings. The molecule has 3 rings (SSSR count). The lowest BCUT2D eigenvalue weighted by Crippen LogP contribution is -2.39. The van der Waals surface area contributed by atoms with Crippen LogP contribution in [0.4, 0.5) is 0 Å². The maximum Gasteiger partial charge on any atom is 0.303 e. The van der Waals surface area contributed by atoms with Crippen LogP contribution in [0.1, 0.15) is 41.4 Å². The summed E-state index contributed by atoms with van der Waals surface area (Å²) in [6.45, 7) is 2.91. The molecule has 11 nitrogen and oxygen atoms in total. The fraction of sp³-hybridized carbons (Fsp3) is 0.250. The van der Waals surface area contributed by atoms with Gasteiger partial charge in [0.15, 0.2) is 5.75 Å². The largest absolute Gasteiger partial charge is 0.481 e. The van der Waals surface area contributed by atoms with Crippen molar-refractivity contribution in [3.8, 4) is 5.75 Å². The number of carboxylic acids is 1. The molecule has 0 fully saturated rings. The number of Topliss-reactive ketones (excluding diaryl/α,β-unsaturated/α-hetero) is 1. The maximum atomic E-state index is 12.8. The average molecular weight is 516 g/mol. The van der Waals surface area contributed by atoms with E-state index in [9.17, 15) is 27.6 Å². The van der Waals surface area contributed by atoms with Gasteiger partial charge in [-0.05, 0) is 31.0 Å². The van der Waals surface area contributed by atoms with Gasteiger partial charge in [0.2, 0.25) is 0 Å². The Morgan fingerprint density at radius 2 is 1.72 bits per heavy atom. The van der Waals surface area contributed by atoms with E-state index in [1.54, 1.807) is 23.6 Å². The Hall–Kier alpha value is -4.19. The lowest BCUT2D eigenvalue weighted by atomic mass is 10.1. The Kier molecular flexibility index (Phi) is 7.78. The van der Waals surface area contributed by atoms with E-state index in [0.29, 0.717) is 17.8 Å². The summed E-state index contributed by atoms with van der Waals surface area (Å²) in [6, 6.07) is 13.9. The molecule has 2 aromatic carbocycles. The topological polar surface area (TPSA) is 166 Å². The standard InChI is InChI=1S/C24H25N3O8S/c1-15-21(23(31)24(25)32)22-18(26(15)14-17-8-4-3-5-9-17)10-6-11-19(22)35-27(16(2)28)36(33,34)13-7-12-20(29)30/h3-6,8-11H,7,12-14H2,1-2H3,(H2,25,32)(H,29,30). The summed E-state index contributed by atoms with van der Waals surface area (Å²) in [5.74, 6) is -5.20. The lowest BCUT2D eigenvalue weighted by molar-refractivity contribution is -0.139. The van der Waals surface area contributed by atoms with Crippen molar-refractivity contribution in [2.24, 2.45) is 5.73 Å². The number of ketones is 1. The molecule has 0 aliphatic rings. The number of fused-ring (bicyclic) bond motifs is 1. The molecule has 1 aromatic heterocycles. The molecule has 0 aliphatic carbocycles. The molecule has 0 bridgehead atoms. The summed E-state index contributed by atoms with van der Waals surface area (Å²) in [5.41, 5.74) is 6.96. The number of sulfonamides is 1. The monoisotopic (exact) mass is 515 g/mol. The summed E-state index contributed by atoms with van der Waals surface area (Å²) < 4.78 is 27.5. The molecule has 0 aliphatic heterocycles. The van der Waals surface area contributed by atoms with Crippen LogP contribution in [0.25, 0.3) is 10.9 Å². The fourth-order valence-corrected chi connectivity index (χ4v) is 5.09. The number of primary amides is 1. The molecule has 1 heterocycles. The number of carbonyl (C=O) groups is 4. The highest BCUT2D eigenvalue weighted by molar-refractivity contribution is 7.89. The number of hydrogen-bond acceptors (Lipinski definition) is 7. The Bertz CT molecular complexity index is 1450. The zero-order valence-electron chi connectivity index (χ0n) is 19.6. The molecule has 0 unspecified atom stereocenters. The number of hydrogen-bond donors (Lipinski definition) is 2. The highest BCUT2D eigenvalue weighted by atomic mass is 32.2. The number of carboxylic acid groups (broad SMARTS) is 1.